The molecular weight excluding hydrogens is 268 g/mol. The third-order valence-electron chi connectivity index (χ3n) is 3.02. The van der Waals surface area contributed by atoms with Crippen LogP contribution in [0.2, 0.25) is 0 Å². The van der Waals surface area contributed by atoms with Gasteiger partial charge in [0.15, 0.2) is 5.76 Å². The number of furan rings is 1. The highest BCUT2D eigenvalue weighted by Crippen LogP contribution is 2.25. The minimum Gasteiger partial charge on any atom is -0.453 e. The molecule has 0 aliphatic rings. The molecule has 0 aliphatic carbocycles. The molecule has 0 saturated heterocycles. The predicted octanol–water partition coefficient (Wildman–Crippen LogP) is 2.05. The van der Waals surface area contributed by atoms with E-state index in [2.05, 4.69) is 19.9 Å². The van der Waals surface area contributed by atoms with Gasteiger partial charge in [-0.15, -0.1) is 0 Å². The lowest BCUT2D eigenvalue weighted by molar-refractivity contribution is 0.624. The second-order valence-corrected chi connectivity index (χ2v) is 4.44. The average Bonchev–Trinajstić information content (AvgIpc) is 3.16. The van der Waals surface area contributed by atoms with Crippen LogP contribution in [0.3, 0.4) is 0 Å². The van der Waals surface area contributed by atoms with Crippen molar-refractivity contribution in [3.8, 4) is 17.5 Å². The van der Waals surface area contributed by atoms with E-state index in [-0.39, 0.29) is 5.95 Å². The van der Waals surface area contributed by atoms with Gasteiger partial charge in [0, 0.05) is 17.8 Å². The molecule has 4 rings (SSSR count). The predicted molar refractivity (Wildman–Crippen MR) is 76.6 cm³/mol. The molecule has 0 radical (unpaired) electrons. The summed E-state index contributed by atoms with van der Waals surface area (Å²) in [6, 6.07) is 9.58. The SMILES string of the molecule is Nc1nc(-c2cc3ccccc3o2)nc(-n2ccnc2)n1. The molecule has 0 amide bonds. The third kappa shape index (κ3) is 2.00. The molecule has 0 bridgehead atoms. The maximum atomic E-state index is 5.76. The van der Waals surface area contributed by atoms with Crippen molar-refractivity contribution in [1.82, 2.24) is 24.5 Å². The van der Waals surface area contributed by atoms with Crippen molar-refractivity contribution in [2.24, 2.45) is 0 Å². The number of nitrogens with two attached hydrogens (primary N) is 1. The van der Waals surface area contributed by atoms with Gasteiger partial charge in [-0.05, 0) is 12.1 Å². The fourth-order valence-corrected chi connectivity index (χ4v) is 2.08. The largest absolute Gasteiger partial charge is 0.453 e. The summed E-state index contributed by atoms with van der Waals surface area (Å²) in [5, 5.41) is 0.982. The minimum absolute atomic E-state index is 0.129. The van der Waals surface area contributed by atoms with Crippen molar-refractivity contribution < 1.29 is 4.42 Å². The molecule has 0 unspecified atom stereocenters. The van der Waals surface area contributed by atoms with Gasteiger partial charge in [-0.1, -0.05) is 18.2 Å². The van der Waals surface area contributed by atoms with E-state index in [0.29, 0.717) is 17.5 Å². The molecule has 4 aromatic rings. The van der Waals surface area contributed by atoms with Crippen LogP contribution in [0.5, 0.6) is 0 Å². The summed E-state index contributed by atoms with van der Waals surface area (Å²) in [7, 11) is 0. The summed E-state index contributed by atoms with van der Waals surface area (Å²) < 4.78 is 7.41. The molecule has 21 heavy (non-hydrogen) atoms. The van der Waals surface area contributed by atoms with Gasteiger partial charge in [-0.3, -0.25) is 4.57 Å². The summed E-state index contributed by atoms with van der Waals surface area (Å²) in [5.41, 5.74) is 6.53. The Balaban J connectivity index is 1.88. The number of rotatable bonds is 2. The lowest BCUT2D eigenvalue weighted by atomic mass is 10.2. The molecule has 0 spiro atoms. The number of nitrogen functional groups attached to an aromatic ring is 1. The number of anilines is 1. The number of aromatic nitrogens is 5. The van der Waals surface area contributed by atoms with Gasteiger partial charge in [0.05, 0.1) is 0 Å². The number of hydrogen-bond acceptors (Lipinski definition) is 6. The van der Waals surface area contributed by atoms with Crippen LogP contribution in [0.15, 0.2) is 53.5 Å². The summed E-state index contributed by atoms with van der Waals surface area (Å²) in [6.45, 7) is 0. The van der Waals surface area contributed by atoms with Crippen molar-refractivity contribution >= 4 is 16.9 Å². The summed E-state index contributed by atoms with van der Waals surface area (Å²) >= 11 is 0. The van der Waals surface area contributed by atoms with Crippen molar-refractivity contribution in [1.29, 1.82) is 0 Å². The lowest BCUT2D eigenvalue weighted by Crippen LogP contribution is -2.06. The van der Waals surface area contributed by atoms with Crippen LogP contribution in [-0.4, -0.2) is 24.5 Å². The zero-order valence-electron chi connectivity index (χ0n) is 10.8. The van der Waals surface area contributed by atoms with Crippen LogP contribution in [0, 0.1) is 0 Å². The zero-order chi connectivity index (χ0) is 14.2. The van der Waals surface area contributed by atoms with Gasteiger partial charge < -0.3 is 10.2 Å². The number of fused-ring (bicyclic) bond motifs is 1. The Bertz CT molecular complexity index is 879. The van der Waals surface area contributed by atoms with E-state index < -0.39 is 0 Å². The first-order valence-electron chi connectivity index (χ1n) is 6.28. The van der Waals surface area contributed by atoms with Gasteiger partial charge in [0.1, 0.15) is 11.9 Å². The average molecular weight is 278 g/mol. The van der Waals surface area contributed by atoms with Crippen molar-refractivity contribution in [2.45, 2.75) is 0 Å². The molecule has 0 fully saturated rings. The monoisotopic (exact) mass is 278 g/mol. The highest BCUT2D eigenvalue weighted by molar-refractivity contribution is 5.81. The second-order valence-electron chi connectivity index (χ2n) is 4.44. The van der Waals surface area contributed by atoms with Crippen molar-refractivity contribution in [2.75, 3.05) is 5.73 Å². The van der Waals surface area contributed by atoms with E-state index in [4.69, 9.17) is 10.2 Å². The Labute approximate surface area is 119 Å². The van der Waals surface area contributed by atoms with Crippen molar-refractivity contribution in [3.63, 3.8) is 0 Å². The molecule has 0 atom stereocenters. The fraction of sp³-hybridized carbons (Fsp3) is 0. The molecule has 102 valence electrons. The van der Waals surface area contributed by atoms with E-state index in [1.165, 1.54) is 0 Å². The van der Waals surface area contributed by atoms with Gasteiger partial charge in [-0.25, -0.2) is 4.98 Å². The van der Waals surface area contributed by atoms with E-state index in [1.54, 1.807) is 23.3 Å². The van der Waals surface area contributed by atoms with Crippen LogP contribution in [0.4, 0.5) is 5.95 Å². The van der Waals surface area contributed by atoms with Gasteiger partial charge in [0.25, 0.3) is 0 Å². The Morgan fingerprint density at radius 2 is 2.00 bits per heavy atom. The second kappa shape index (κ2) is 4.41. The van der Waals surface area contributed by atoms with Gasteiger partial charge in [0.2, 0.25) is 17.7 Å². The fourth-order valence-electron chi connectivity index (χ4n) is 2.08. The van der Waals surface area contributed by atoms with Crippen LogP contribution >= 0.6 is 0 Å². The maximum Gasteiger partial charge on any atom is 0.240 e. The molecule has 3 heterocycles. The molecule has 3 aromatic heterocycles. The van der Waals surface area contributed by atoms with Crippen LogP contribution < -0.4 is 5.73 Å². The Morgan fingerprint density at radius 3 is 2.81 bits per heavy atom. The first kappa shape index (κ1) is 11.6. The maximum absolute atomic E-state index is 5.76. The van der Waals surface area contributed by atoms with E-state index >= 15 is 0 Å². The van der Waals surface area contributed by atoms with Crippen LogP contribution in [-0.2, 0) is 0 Å². The highest BCUT2D eigenvalue weighted by Gasteiger charge is 2.12. The number of imidazole rings is 1. The molecule has 0 saturated carbocycles. The van der Waals surface area contributed by atoms with E-state index in [1.807, 2.05) is 30.3 Å². The number of para-hydroxylation sites is 1. The summed E-state index contributed by atoms with van der Waals surface area (Å²) in [5.74, 6) is 1.47. The topological polar surface area (TPSA) is 95.7 Å². The molecule has 0 aliphatic heterocycles. The van der Waals surface area contributed by atoms with Crippen LogP contribution in [0.25, 0.3) is 28.5 Å². The van der Waals surface area contributed by atoms with Gasteiger partial charge >= 0.3 is 0 Å². The van der Waals surface area contributed by atoms with Crippen LogP contribution in [0.1, 0.15) is 0 Å². The standard InChI is InChI=1S/C14H10N6O/c15-13-17-12(18-14(19-13)20-6-5-16-8-20)11-7-9-3-1-2-4-10(9)21-11/h1-8H,(H2,15,17,18,19). The summed E-state index contributed by atoms with van der Waals surface area (Å²) in [4.78, 5) is 16.6. The Morgan fingerprint density at radius 1 is 1.10 bits per heavy atom. The van der Waals surface area contributed by atoms with E-state index in [0.717, 1.165) is 11.0 Å². The van der Waals surface area contributed by atoms with E-state index in [9.17, 15) is 0 Å². The normalized spacial score (nSPS) is 11.0. The molecular formula is C14H10N6O. The molecule has 7 nitrogen and oxygen atoms in total. The third-order valence-corrected chi connectivity index (χ3v) is 3.02. The number of nitrogens with zero attached hydrogens (tertiary/aromatic N) is 5. The van der Waals surface area contributed by atoms with Crippen molar-refractivity contribution in [3.05, 3.63) is 49.1 Å². The molecule has 7 heteroatoms. The minimum atomic E-state index is 0.129. The first-order chi connectivity index (χ1) is 10.3. The Kier molecular flexibility index (Phi) is 2.43. The quantitative estimate of drug-likeness (QED) is 0.603. The highest BCUT2D eigenvalue weighted by atomic mass is 16.3. The summed E-state index contributed by atoms with van der Waals surface area (Å²) in [6.07, 6.45) is 4.97. The lowest BCUT2D eigenvalue weighted by Gasteiger charge is -2.02. The number of benzene rings is 1. The smallest absolute Gasteiger partial charge is 0.240 e. The number of hydrogen-bond donors (Lipinski definition) is 1. The van der Waals surface area contributed by atoms with Gasteiger partial charge in [-0.2, -0.15) is 15.0 Å². The first-order valence-corrected chi connectivity index (χ1v) is 6.28. The molecule has 1 aromatic carbocycles. The molecule has 2 N–H and O–H groups in total. The Hall–Kier alpha value is -3.22. The zero-order valence-corrected chi connectivity index (χ0v) is 10.8.